The number of benzene rings is 2. The molecule has 7 nitrogen and oxygen atoms in total. The van der Waals surface area contributed by atoms with Crippen LogP contribution in [-0.4, -0.2) is 74.8 Å². The third-order valence-corrected chi connectivity index (χ3v) is 12.8. The Bertz CT molecular complexity index is 1420. The molecule has 3 aliphatic heterocycles. The third kappa shape index (κ3) is 6.03. The van der Waals surface area contributed by atoms with Gasteiger partial charge in [0.05, 0.1) is 16.6 Å². The van der Waals surface area contributed by atoms with Gasteiger partial charge in [-0.05, 0) is 56.4 Å². The molecule has 9 heteroatoms. The average molecular weight is 695 g/mol. The number of nitrogens with zero attached hydrogens (tertiary/aromatic N) is 3. The number of carbonyl (C=O) groups excluding carboxylic acids is 3. The number of hydrogen-bond acceptors (Lipinski definition) is 5. The first-order valence-corrected chi connectivity index (χ1v) is 17.7. The SMILES string of the molecule is C=CCN(C(=O)[C@H]1[C@H]2C(=O)N(CCCCCCO)C(C(=O)N(CC=C)c3c(C)cccc3C)C23CC(Br)[C@@H]1S3)c1ccccc1. The fourth-order valence-electron chi connectivity index (χ4n) is 7.72. The summed E-state index contributed by atoms with van der Waals surface area (Å²) >= 11 is 5.57. The highest BCUT2D eigenvalue weighted by molar-refractivity contribution is 9.09. The molecular formula is C36H44BrN3O4S. The Hall–Kier alpha value is -2.88. The highest BCUT2D eigenvalue weighted by Gasteiger charge is 2.76. The Labute approximate surface area is 279 Å². The zero-order valence-electron chi connectivity index (χ0n) is 26.2. The van der Waals surface area contributed by atoms with Crippen LogP contribution in [0, 0.1) is 25.7 Å². The summed E-state index contributed by atoms with van der Waals surface area (Å²) in [5.74, 6) is -1.51. The summed E-state index contributed by atoms with van der Waals surface area (Å²) in [5, 5.41) is 9.14. The fourth-order valence-corrected chi connectivity index (χ4v) is 11.3. The normalized spacial score (nSPS) is 26.5. The molecule has 0 radical (unpaired) electrons. The Morgan fingerprint density at radius 3 is 2.27 bits per heavy atom. The fraction of sp³-hybridized carbons (Fsp3) is 0.472. The number of amides is 3. The number of hydrogen-bond donors (Lipinski definition) is 1. The molecule has 0 aromatic heterocycles. The van der Waals surface area contributed by atoms with Crippen molar-refractivity contribution in [2.45, 2.75) is 66.8 Å². The van der Waals surface area contributed by atoms with Gasteiger partial charge < -0.3 is 19.8 Å². The molecule has 3 fully saturated rings. The third-order valence-electron chi connectivity index (χ3n) is 9.55. The quantitative estimate of drug-likeness (QED) is 0.148. The van der Waals surface area contributed by atoms with Crippen LogP contribution in [0.15, 0.2) is 73.8 Å². The van der Waals surface area contributed by atoms with Crippen LogP contribution in [0.3, 0.4) is 0 Å². The maximum absolute atomic E-state index is 15.0. The number of aliphatic hydroxyl groups excluding tert-OH is 1. The van der Waals surface area contributed by atoms with E-state index in [-0.39, 0.29) is 34.4 Å². The predicted molar refractivity (Wildman–Crippen MR) is 187 cm³/mol. The number of thioether (sulfide) groups is 1. The van der Waals surface area contributed by atoms with Gasteiger partial charge >= 0.3 is 0 Å². The van der Waals surface area contributed by atoms with Crippen molar-refractivity contribution in [3.63, 3.8) is 0 Å². The molecule has 1 spiro atoms. The maximum Gasteiger partial charge on any atom is 0.251 e. The summed E-state index contributed by atoms with van der Waals surface area (Å²) in [7, 11) is 0. The molecule has 2 aromatic rings. The molecule has 45 heavy (non-hydrogen) atoms. The van der Waals surface area contributed by atoms with Crippen molar-refractivity contribution in [2.75, 3.05) is 36.0 Å². The van der Waals surface area contributed by atoms with E-state index in [1.54, 1.807) is 38.6 Å². The van der Waals surface area contributed by atoms with Crippen LogP contribution in [0.1, 0.15) is 43.2 Å². The molecule has 3 aliphatic rings. The van der Waals surface area contributed by atoms with E-state index in [9.17, 15) is 14.7 Å². The Morgan fingerprint density at radius 2 is 1.62 bits per heavy atom. The predicted octanol–water partition coefficient (Wildman–Crippen LogP) is 6.06. The number of alkyl halides is 1. The zero-order valence-corrected chi connectivity index (χ0v) is 28.6. The Kier molecular flexibility index (Phi) is 10.6. The van der Waals surface area contributed by atoms with Crippen LogP contribution in [0.2, 0.25) is 0 Å². The molecule has 3 amide bonds. The van der Waals surface area contributed by atoms with Crippen molar-refractivity contribution < 1.29 is 19.5 Å². The second-order valence-electron chi connectivity index (χ2n) is 12.4. The number of carbonyl (C=O) groups is 3. The summed E-state index contributed by atoms with van der Waals surface area (Å²) in [6.07, 6.45) is 7.21. The van der Waals surface area contributed by atoms with Crippen LogP contribution in [0.4, 0.5) is 11.4 Å². The van der Waals surface area contributed by atoms with Crippen molar-refractivity contribution in [3.8, 4) is 0 Å². The summed E-state index contributed by atoms with van der Waals surface area (Å²) < 4.78 is -0.745. The molecule has 0 aliphatic carbocycles. The van der Waals surface area contributed by atoms with Gasteiger partial charge in [0, 0.05) is 47.7 Å². The summed E-state index contributed by atoms with van der Waals surface area (Å²) in [5.41, 5.74) is 3.58. The summed E-state index contributed by atoms with van der Waals surface area (Å²) in [4.78, 5) is 49.5. The number of rotatable bonds is 14. The van der Waals surface area contributed by atoms with E-state index in [1.807, 2.05) is 62.4 Å². The van der Waals surface area contributed by atoms with E-state index in [1.165, 1.54) is 0 Å². The smallest absolute Gasteiger partial charge is 0.251 e. The molecule has 3 heterocycles. The molecule has 1 N–H and O–H groups in total. The highest BCUT2D eigenvalue weighted by Crippen LogP contribution is 2.68. The molecule has 6 atom stereocenters. The number of aliphatic hydroxyl groups is 1. The number of halogens is 1. The van der Waals surface area contributed by atoms with Gasteiger partial charge in [-0.3, -0.25) is 14.4 Å². The van der Waals surface area contributed by atoms with Crippen LogP contribution >= 0.6 is 27.7 Å². The topological polar surface area (TPSA) is 81.2 Å². The van der Waals surface area contributed by atoms with Crippen LogP contribution in [0.5, 0.6) is 0 Å². The first kappa shape index (κ1) is 33.5. The number of anilines is 2. The largest absolute Gasteiger partial charge is 0.396 e. The van der Waals surface area contributed by atoms with Gasteiger partial charge in [0.25, 0.3) is 5.91 Å². The lowest BCUT2D eigenvalue weighted by Crippen LogP contribution is -2.56. The minimum Gasteiger partial charge on any atom is -0.396 e. The lowest BCUT2D eigenvalue weighted by molar-refractivity contribution is -0.139. The van der Waals surface area contributed by atoms with Crippen molar-refractivity contribution >= 4 is 56.8 Å². The van der Waals surface area contributed by atoms with Crippen LogP contribution < -0.4 is 9.80 Å². The molecule has 2 aromatic carbocycles. The van der Waals surface area contributed by atoms with Gasteiger partial charge in [-0.25, -0.2) is 0 Å². The Balaban J connectivity index is 1.57. The monoisotopic (exact) mass is 693 g/mol. The second-order valence-corrected chi connectivity index (χ2v) is 15.1. The van der Waals surface area contributed by atoms with E-state index < -0.39 is 22.6 Å². The van der Waals surface area contributed by atoms with Crippen molar-refractivity contribution in [3.05, 3.63) is 85.0 Å². The molecular weight excluding hydrogens is 650 g/mol. The number of aryl methyl sites for hydroxylation is 2. The van der Waals surface area contributed by atoms with E-state index in [4.69, 9.17) is 0 Å². The summed E-state index contributed by atoms with van der Waals surface area (Å²) in [6.45, 7) is 13.1. The lowest BCUT2D eigenvalue weighted by Gasteiger charge is -2.39. The lowest BCUT2D eigenvalue weighted by atomic mass is 9.70. The molecule has 3 saturated heterocycles. The highest BCUT2D eigenvalue weighted by atomic mass is 79.9. The molecule has 240 valence electrons. The summed E-state index contributed by atoms with van der Waals surface area (Å²) in [6, 6.07) is 14.8. The minimum absolute atomic E-state index is 0.0188. The zero-order chi connectivity index (χ0) is 32.3. The second kappa shape index (κ2) is 14.3. The van der Waals surface area contributed by atoms with Crippen molar-refractivity contribution in [2.24, 2.45) is 11.8 Å². The molecule has 3 unspecified atom stereocenters. The van der Waals surface area contributed by atoms with Gasteiger partial charge in [0.2, 0.25) is 11.8 Å². The first-order valence-electron chi connectivity index (χ1n) is 15.9. The standard InChI is InChI=1S/C36H44BrN3O4S/c1-5-19-38(26-17-10-9-11-18-26)33(42)28-29-34(43)40(21-12-7-8-13-22-41)32(36(29)23-27(37)31(28)45-36)35(44)39(20-6-2)30-24(3)15-14-16-25(30)4/h5-6,9-11,14-18,27-29,31-32,41H,1-2,7-8,12-13,19-23H2,3-4H3/t27?,28-,29-,31-,32?,36?/m0/s1. The van der Waals surface area contributed by atoms with E-state index >= 15 is 4.79 Å². The van der Waals surface area contributed by atoms with Crippen LogP contribution in [0.25, 0.3) is 0 Å². The Morgan fingerprint density at radius 1 is 0.978 bits per heavy atom. The number of para-hydroxylation sites is 2. The van der Waals surface area contributed by atoms with Crippen molar-refractivity contribution in [1.29, 1.82) is 0 Å². The van der Waals surface area contributed by atoms with Gasteiger partial charge in [-0.1, -0.05) is 77.3 Å². The molecule has 0 saturated carbocycles. The van der Waals surface area contributed by atoms with Gasteiger partial charge in [0.1, 0.15) is 6.04 Å². The number of likely N-dealkylation sites (tertiary alicyclic amines) is 1. The van der Waals surface area contributed by atoms with E-state index in [0.717, 1.165) is 41.8 Å². The van der Waals surface area contributed by atoms with E-state index in [2.05, 4.69) is 29.1 Å². The number of fused-ring (bicyclic) bond motifs is 1. The van der Waals surface area contributed by atoms with Gasteiger partial charge in [-0.2, -0.15) is 0 Å². The van der Waals surface area contributed by atoms with E-state index in [0.29, 0.717) is 32.5 Å². The van der Waals surface area contributed by atoms with Crippen LogP contribution in [-0.2, 0) is 14.4 Å². The first-order chi connectivity index (χ1) is 21.7. The van der Waals surface area contributed by atoms with Gasteiger partial charge in [-0.15, -0.1) is 24.9 Å². The van der Waals surface area contributed by atoms with Gasteiger partial charge in [0.15, 0.2) is 0 Å². The average Bonchev–Trinajstić information content (AvgIpc) is 3.62. The molecule has 2 bridgehead atoms. The minimum atomic E-state index is -0.745. The number of unbranched alkanes of at least 4 members (excludes halogenated alkanes) is 3. The maximum atomic E-state index is 15.0. The van der Waals surface area contributed by atoms with Crippen molar-refractivity contribution in [1.82, 2.24) is 4.90 Å². The molecule has 5 rings (SSSR count).